The zero-order chi connectivity index (χ0) is 12.1. The van der Waals surface area contributed by atoms with Gasteiger partial charge in [-0.25, -0.2) is 0 Å². The molecule has 0 bridgehead atoms. The Morgan fingerprint density at radius 3 is 2.71 bits per heavy atom. The van der Waals surface area contributed by atoms with Crippen molar-refractivity contribution < 1.29 is 0 Å². The van der Waals surface area contributed by atoms with Gasteiger partial charge >= 0.3 is 0 Å². The second-order valence-electron chi connectivity index (χ2n) is 3.36. The van der Waals surface area contributed by atoms with Gasteiger partial charge in [-0.3, -0.25) is 0 Å². The van der Waals surface area contributed by atoms with Gasteiger partial charge in [-0.15, -0.1) is 16.1 Å². The first-order valence-electron chi connectivity index (χ1n) is 5.29. The molecule has 0 aliphatic carbocycles. The Bertz CT molecular complexity index is 548. The topological polar surface area (TPSA) is 43.6 Å². The lowest BCUT2D eigenvalue weighted by atomic mass is 10.2. The van der Waals surface area contributed by atoms with Crippen LogP contribution in [0.15, 0.2) is 24.3 Å². The average molecular weight is 247 g/mol. The van der Waals surface area contributed by atoms with Crippen LogP contribution in [0.5, 0.6) is 0 Å². The van der Waals surface area contributed by atoms with Crippen LogP contribution in [0, 0.1) is 11.8 Å². The van der Waals surface area contributed by atoms with E-state index in [1.54, 1.807) is 12.1 Å². The summed E-state index contributed by atoms with van der Waals surface area (Å²) < 4.78 is 0. The van der Waals surface area contributed by atoms with E-state index in [4.69, 9.17) is 11.6 Å². The van der Waals surface area contributed by atoms with Crippen molar-refractivity contribution in [1.82, 2.24) is 20.2 Å². The molecule has 0 fully saturated rings. The Hall–Kier alpha value is -1.86. The maximum absolute atomic E-state index is 5.81. The van der Waals surface area contributed by atoms with Crippen molar-refractivity contribution in [2.45, 2.75) is 19.9 Å². The fourth-order valence-corrected chi connectivity index (χ4v) is 1.40. The number of nitrogens with zero attached hydrogens (tertiary/aromatic N) is 4. The number of halogens is 1. The lowest BCUT2D eigenvalue weighted by Gasteiger charge is -1.93. The first-order valence-corrected chi connectivity index (χ1v) is 5.67. The summed E-state index contributed by atoms with van der Waals surface area (Å²) in [4.78, 5) is 1.48. The summed E-state index contributed by atoms with van der Waals surface area (Å²) in [6.07, 6.45) is 0.832. The van der Waals surface area contributed by atoms with Crippen molar-refractivity contribution in [1.29, 1.82) is 0 Å². The summed E-state index contributed by atoms with van der Waals surface area (Å²) in [5.41, 5.74) is 0.893. The molecule has 1 aromatic carbocycles. The Labute approximate surface area is 105 Å². The van der Waals surface area contributed by atoms with Crippen LogP contribution in [0.25, 0.3) is 11.4 Å². The summed E-state index contributed by atoms with van der Waals surface area (Å²) in [6, 6.07) is 7.33. The highest BCUT2D eigenvalue weighted by Crippen LogP contribution is 2.16. The predicted molar refractivity (Wildman–Crippen MR) is 66.3 cm³/mol. The third-order valence-corrected chi connectivity index (χ3v) is 2.33. The molecule has 0 saturated carbocycles. The normalized spacial score (nSPS) is 9.76. The highest BCUT2D eigenvalue weighted by molar-refractivity contribution is 6.30. The van der Waals surface area contributed by atoms with Crippen LogP contribution in [-0.4, -0.2) is 20.2 Å². The number of aromatic nitrogens is 4. The van der Waals surface area contributed by atoms with E-state index in [9.17, 15) is 0 Å². The Morgan fingerprint density at radius 2 is 2.00 bits per heavy atom. The van der Waals surface area contributed by atoms with Crippen LogP contribution in [0.4, 0.5) is 0 Å². The minimum atomic E-state index is 0.467. The molecule has 0 atom stereocenters. The molecule has 1 aromatic heterocycles. The number of rotatable bonds is 2. The maximum atomic E-state index is 5.81. The van der Waals surface area contributed by atoms with E-state index in [1.165, 1.54) is 4.80 Å². The van der Waals surface area contributed by atoms with E-state index in [0.717, 1.165) is 12.0 Å². The van der Waals surface area contributed by atoms with E-state index >= 15 is 0 Å². The van der Waals surface area contributed by atoms with Gasteiger partial charge < -0.3 is 0 Å². The Morgan fingerprint density at radius 1 is 1.24 bits per heavy atom. The van der Waals surface area contributed by atoms with Crippen molar-refractivity contribution in [3.8, 4) is 23.2 Å². The van der Waals surface area contributed by atoms with Crippen LogP contribution in [-0.2, 0) is 6.54 Å². The molecule has 2 rings (SSSR count). The molecule has 86 valence electrons. The Kier molecular flexibility index (Phi) is 3.73. The molecule has 5 heteroatoms. The van der Waals surface area contributed by atoms with Gasteiger partial charge in [0.1, 0.15) is 6.54 Å². The van der Waals surface area contributed by atoms with Crippen LogP contribution in [0.2, 0.25) is 5.02 Å². The van der Waals surface area contributed by atoms with E-state index in [1.807, 2.05) is 19.1 Å². The first kappa shape index (κ1) is 11.6. The fraction of sp³-hybridized carbons (Fsp3) is 0.250. The molecule has 2 aromatic rings. The monoisotopic (exact) mass is 246 g/mol. The summed E-state index contributed by atoms with van der Waals surface area (Å²) >= 11 is 5.81. The van der Waals surface area contributed by atoms with Crippen molar-refractivity contribution in [2.24, 2.45) is 0 Å². The molecule has 0 aliphatic rings. The van der Waals surface area contributed by atoms with Gasteiger partial charge in [0.25, 0.3) is 0 Å². The van der Waals surface area contributed by atoms with Gasteiger partial charge in [0.15, 0.2) is 0 Å². The highest BCUT2D eigenvalue weighted by atomic mass is 35.5. The van der Waals surface area contributed by atoms with Crippen LogP contribution in [0.3, 0.4) is 0 Å². The van der Waals surface area contributed by atoms with Gasteiger partial charge in [0, 0.05) is 17.0 Å². The number of hydrogen-bond donors (Lipinski definition) is 0. The zero-order valence-corrected chi connectivity index (χ0v) is 10.1. The predicted octanol–water partition coefficient (Wildman–Crippen LogP) is 2.41. The largest absolute Gasteiger partial charge is 0.204 e. The number of tetrazole rings is 1. The van der Waals surface area contributed by atoms with Gasteiger partial charge in [0.2, 0.25) is 5.82 Å². The quantitative estimate of drug-likeness (QED) is 0.765. The summed E-state index contributed by atoms with van der Waals surface area (Å²) in [5, 5.41) is 12.8. The fourth-order valence-electron chi connectivity index (χ4n) is 1.28. The SMILES string of the molecule is CCC#CCn1nnc(-c2ccc(Cl)cc2)n1. The van der Waals surface area contributed by atoms with Crippen molar-refractivity contribution in [3.63, 3.8) is 0 Å². The first-order chi connectivity index (χ1) is 8.29. The van der Waals surface area contributed by atoms with Gasteiger partial charge in [-0.2, -0.15) is 4.80 Å². The zero-order valence-electron chi connectivity index (χ0n) is 9.39. The van der Waals surface area contributed by atoms with Gasteiger partial charge in [-0.05, 0) is 29.5 Å². The van der Waals surface area contributed by atoms with Gasteiger partial charge in [-0.1, -0.05) is 24.4 Å². The molecule has 0 aliphatic heterocycles. The van der Waals surface area contributed by atoms with Crippen LogP contribution >= 0.6 is 11.6 Å². The van der Waals surface area contributed by atoms with E-state index < -0.39 is 0 Å². The second-order valence-corrected chi connectivity index (χ2v) is 3.79. The second kappa shape index (κ2) is 5.46. The molecule has 0 radical (unpaired) electrons. The third kappa shape index (κ3) is 3.05. The molecule has 0 amide bonds. The molecule has 17 heavy (non-hydrogen) atoms. The lowest BCUT2D eigenvalue weighted by Crippen LogP contribution is -2.00. The summed E-state index contributed by atoms with van der Waals surface area (Å²) in [7, 11) is 0. The number of hydrogen-bond acceptors (Lipinski definition) is 3. The molecular weight excluding hydrogens is 236 g/mol. The molecule has 0 unspecified atom stereocenters. The minimum absolute atomic E-state index is 0.467. The van der Waals surface area contributed by atoms with E-state index in [2.05, 4.69) is 27.3 Å². The van der Waals surface area contributed by atoms with Gasteiger partial charge in [0.05, 0.1) is 0 Å². The van der Waals surface area contributed by atoms with Crippen LogP contribution < -0.4 is 0 Å². The maximum Gasteiger partial charge on any atom is 0.204 e. The summed E-state index contributed by atoms with van der Waals surface area (Å²) in [5.74, 6) is 6.49. The standard InChI is InChI=1S/C12H11ClN4/c1-2-3-4-9-17-15-12(14-16-17)10-5-7-11(13)8-6-10/h5-8H,2,9H2,1H3. The molecular formula is C12H11ClN4. The smallest absolute Gasteiger partial charge is 0.152 e. The van der Waals surface area contributed by atoms with E-state index in [-0.39, 0.29) is 0 Å². The lowest BCUT2D eigenvalue weighted by molar-refractivity contribution is 0.592. The van der Waals surface area contributed by atoms with Crippen molar-refractivity contribution in [2.75, 3.05) is 0 Å². The molecule has 0 saturated heterocycles. The molecule has 4 nitrogen and oxygen atoms in total. The highest BCUT2D eigenvalue weighted by Gasteiger charge is 2.04. The average Bonchev–Trinajstić information content (AvgIpc) is 2.79. The van der Waals surface area contributed by atoms with Crippen LogP contribution in [0.1, 0.15) is 13.3 Å². The van der Waals surface area contributed by atoms with Crippen molar-refractivity contribution >= 4 is 11.6 Å². The molecule has 0 spiro atoms. The van der Waals surface area contributed by atoms with E-state index in [0.29, 0.717) is 17.4 Å². The summed E-state index contributed by atoms with van der Waals surface area (Å²) in [6.45, 7) is 2.47. The molecule has 0 N–H and O–H groups in total. The molecule has 1 heterocycles. The Balaban J connectivity index is 2.15. The van der Waals surface area contributed by atoms with Crippen molar-refractivity contribution in [3.05, 3.63) is 29.3 Å². The minimum Gasteiger partial charge on any atom is -0.152 e. The number of benzene rings is 1. The third-order valence-electron chi connectivity index (χ3n) is 2.08.